The first-order valence-electron chi connectivity index (χ1n) is 6.00. The number of hydrogen-bond donors (Lipinski definition) is 1. The summed E-state index contributed by atoms with van der Waals surface area (Å²) in [7, 11) is -2.28. The smallest absolute Gasteiger partial charge is 0.336 e. The zero-order chi connectivity index (χ0) is 15.8. The molecule has 114 valence electrons. The molecule has 1 aromatic carbocycles. The SMILES string of the molecule is CN1CCN(S(=O)(=O)c2ccc(Br)c(C(=O)O)c2)CC1=O. The molecular weight excluding hydrogens is 364 g/mol. The molecule has 9 heteroatoms. The van der Waals surface area contributed by atoms with Crippen LogP contribution in [0.1, 0.15) is 10.4 Å². The number of carboxylic acids is 1. The van der Waals surface area contributed by atoms with E-state index in [2.05, 4.69) is 15.9 Å². The van der Waals surface area contributed by atoms with Gasteiger partial charge in [-0.25, -0.2) is 13.2 Å². The van der Waals surface area contributed by atoms with Crippen LogP contribution in [-0.4, -0.2) is 61.3 Å². The number of rotatable bonds is 3. The Morgan fingerprint density at radius 3 is 2.57 bits per heavy atom. The lowest BCUT2D eigenvalue weighted by Gasteiger charge is -2.31. The van der Waals surface area contributed by atoms with Crippen LogP contribution in [-0.2, 0) is 14.8 Å². The molecule has 0 atom stereocenters. The van der Waals surface area contributed by atoms with Gasteiger partial charge in [0.25, 0.3) is 0 Å². The Kier molecular flexibility index (Phi) is 4.35. The molecule has 1 heterocycles. The summed E-state index contributed by atoms with van der Waals surface area (Å²) in [5.41, 5.74) is -0.142. The Balaban J connectivity index is 2.38. The Morgan fingerprint density at radius 1 is 1.33 bits per heavy atom. The minimum atomic E-state index is -3.89. The highest BCUT2D eigenvalue weighted by Crippen LogP contribution is 2.24. The van der Waals surface area contributed by atoms with Gasteiger partial charge in [0.05, 0.1) is 17.0 Å². The van der Waals surface area contributed by atoms with Crippen LogP contribution >= 0.6 is 15.9 Å². The first kappa shape index (κ1) is 15.9. The van der Waals surface area contributed by atoms with E-state index in [9.17, 15) is 18.0 Å². The van der Waals surface area contributed by atoms with Gasteiger partial charge >= 0.3 is 5.97 Å². The van der Waals surface area contributed by atoms with Crippen molar-refractivity contribution in [1.29, 1.82) is 0 Å². The minimum Gasteiger partial charge on any atom is -0.478 e. The number of nitrogens with zero attached hydrogens (tertiary/aromatic N) is 2. The monoisotopic (exact) mass is 376 g/mol. The van der Waals surface area contributed by atoms with E-state index in [0.29, 0.717) is 11.0 Å². The van der Waals surface area contributed by atoms with Crippen molar-refractivity contribution in [3.8, 4) is 0 Å². The van der Waals surface area contributed by atoms with Crippen LogP contribution in [0.4, 0.5) is 0 Å². The van der Waals surface area contributed by atoms with Crippen molar-refractivity contribution in [2.45, 2.75) is 4.90 Å². The molecule has 0 saturated carbocycles. The van der Waals surface area contributed by atoms with Crippen LogP contribution in [0.5, 0.6) is 0 Å². The molecule has 1 amide bonds. The molecular formula is C12H13BrN2O5S. The molecule has 0 bridgehead atoms. The third kappa shape index (κ3) is 3.09. The second-order valence-corrected chi connectivity index (χ2v) is 7.39. The summed E-state index contributed by atoms with van der Waals surface area (Å²) in [5, 5.41) is 9.04. The number of piperazine rings is 1. The lowest BCUT2D eigenvalue weighted by atomic mass is 10.2. The van der Waals surface area contributed by atoms with Gasteiger partial charge in [0.1, 0.15) is 0 Å². The average Bonchev–Trinajstić information content (AvgIpc) is 2.41. The van der Waals surface area contributed by atoms with Gasteiger partial charge in [-0.1, -0.05) is 0 Å². The predicted molar refractivity (Wildman–Crippen MR) is 77.5 cm³/mol. The van der Waals surface area contributed by atoms with Crippen molar-refractivity contribution in [1.82, 2.24) is 9.21 Å². The van der Waals surface area contributed by atoms with Crippen LogP contribution < -0.4 is 0 Å². The number of halogens is 1. The fourth-order valence-corrected chi connectivity index (χ4v) is 3.74. The van der Waals surface area contributed by atoms with Crippen molar-refractivity contribution in [2.24, 2.45) is 0 Å². The minimum absolute atomic E-state index is 0.138. The number of carbonyl (C=O) groups is 2. The van der Waals surface area contributed by atoms with Gasteiger partial charge in [0.2, 0.25) is 15.9 Å². The van der Waals surface area contributed by atoms with Crippen LogP contribution in [0.2, 0.25) is 0 Å². The molecule has 21 heavy (non-hydrogen) atoms. The number of carboxylic acid groups (broad SMARTS) is 1. The Bertz CT molecular complexity index is 704. The van der Waals surface area contributed by atoms with E-state index in [1.54, 1.807) is 7.05 Å². The third-order valence-electron chi connectivity index (χ3n) is 3.23. The van der Waals surface area contributed by atoms with Crippen LogP contribution in [0, 0.1) is 0 Å². The van der Waals surface area contributed by atoms with Gasteiger partial charge in [0, 0.05) is 24.6 Å². The molecule has 2 rings (SSSR count). The first-order valence-corrected chi connectivity index (χ1v) is 8.24. The lowest BCUT2D eigenvalue weighted by Crippen LogP contribution is -2.50. The van der Waals surface area contributed by atoms with E-state index in [1.807, 2.05) is 0 Å². The predicted octanol–water partition coefficient (Wildman–Crippen LogP) is 0.610. The number of aromatic carboxylic acids is 1. The Hall–Kier alpha value is -1.45. The normalized spacial score (nSPS) is 17.0. The fraction of sp³-hybridized carbons (Fsp3) is 0.333. The van der Waals surface area contributed by atoms with E-state index in [-0.39, 0.29) is 29.5 Å². The number of likely N-dealkylation sites (N-methyl/N-ethyl adjacent to an activating group) is 1. The van der Waals surface area contributed by atoms with Gasteiger partial charge < -0.3 is 10.0 Å². The summed E-state index contributed by atoms with van der Waals surface area (Å²) in [6.07, 6.45) is 0. The maximum Gasteiger partial charge on any atom is 0.336 e. The second-order valence-electron chi connectivity index (χ2n) is 4.60. The maximum atomic E-state index is 12.5. The van der Waals surface area contributed by atoms with Gasteiger partial charge in [-0.3, -0.25) is 4.79 Å². The highest BCUT2D eigenvalue weighted by molar-refractivity contribution is 9.10. The molecule has 1 aliphatic rings. The zero-order valence-corrected chi connectivity index (χ0v) is 13.5. The zero-order valence-electron chi connectivity index (χ0n) is 11.1. The van der Waals surface area contributed by atoms with Crippen molar-refractivity contribution in [3.05, 3.63) is 28.2 Å². The number of sulfonamides is 1. The van der Waals surface area contributed by atoms with E-state index >= 15 is 0 Å². The molecule has 0 spiro atoms. The Labute approximate surface area is 130 Å². The highest BCUT2D eigenvalue weighted by Gasteiger charge is 2.32. The molecule has 7 nitrogen and oxygen atoms in total. The van der Waals surface area contributed by atoms with Crippen molar-refractivity contribution in [3.63, 3.8) is 0 Å². The summed E-state index contributed by atoms with van der Waals surface area (Å²) in [6, 6.07) is 3.77. The van der Waals surface area contributed by atoms with Crippen molar-refractivity contribution in [2.75, 3.05) is 26.7 Å². The molecule has 1 fully saturated rings. The van der Waals surface area contributed by atoms with Gasteiger partial charge in [-0.15, -0.1) is 0 Å². The summed E-state index contributed by atoms with van der Waals surface area (Å²) in [5.74, 6) is -1.52. The van der Waals surface area contributed by atoms with Crippen LogP contribution in [0.3, 0.4) is 0 Å². The quantitative estimate of drug-likeness (QED) is 0.833. The largest absolute Gasteiger partial charge is 0.478 e. The maximum absolute atomic E-state index is 12.5. The molecule has 1 N–H and O–H groups in total. The number of amides is 1. The summed E-state index contributed by atoms with van der Waals surface area (Å²) >= 11 is 3.06. The van der Waals surface area contributed by atoms with Gasteiger partial charge in [0.15, 0.2) is 0 Å². The van der Waals surface area contributed by atoms with E-state index in [1.165, 1.54) is 17.0 Å². The summed E-state index contributed by atoms with van der Waals surface area (Å²) < 4.78 is 26.3. The van der Waals surface area contributed by atoms with Crippen LogP contribution in [0.15, 0.2) is 27.6 Å². The molecule has 0 aliphatic carbocycles. The molecule has 1 aliphatic heterocycles. The molecule has 0 radical (unpaired) electrons. The van der Waals surface area contributed by atoms with E-state index < -0.39 is 16.0 Å². The molecule has 0 aromatic heterocycles. The van der Waals surface area contributed by atoms with E-state index in [4.69, 9.17) is 5.11 Å². The number of benzene rings is 1. The summed E-state index contributed by atoms with van der Waals surface area (Å²) in [6.45, 7) is 0.251. The first-order chi connectivity index (χ1) is 9.73. The number of hydrogen-bond acceptors (Lipinski definition) is 4. The van der Waals surface area contributed by atoms with E-state index in [0.717, 1.165) is 10.4 Å². The summed E-state index contributed by atoms with van der Waals surface area (Å²) in [4.78, 5) is 24.0. The molecule has 0 unspecified atom stereocenters. The average molecular weight is 377 g/mol. The van der Waals surface area contributed by atoms with Gasteiger partial charge in [-0.2, -0.15) is 4.31 Å². The number of carbonyl (C=O) groups excluding carboxylic acids is 1. The highest BCUT2D eigenvalue weighted by atomic mass is 79.9. The topological polar surface area (TPSA) is 95.0 Å². The van der Waals surface area contributed by atoms with Crippen molar-refractivity contribution < 1.29 is 23.1 Å². The molecule has 1 saturated heterocycles. The van der Waals surface area contributed by atoms with Gasteiger partial charge in [-0.05, 0) is 34.1 Å². The van der Waals surface area contributed by atoms with Crippen molar-refractivity contribution >= 4 is 37.8 Å². The third-order valence-corrected chi connectivity index (χ3v) is 5.76. The van der Waals surface area contributed by atoms with Crippen LogP contribution in [0.25, 0.3) is 0 Å². The second kappa shape index (κ2) is 5.74. The Morgan fingerprint density at radius 2 is 2.00 bits per heavy atom. The fourth-order valence-electron chi connectivity index (χ4n) is 1.92. The lowest BCUT2D eigenvalue weighted by molar-refractivity contribution is -0.132. The molecule has 1 aromatic rings. The standard InChI is InChI=1S/C12H13BrN2O5S/c1-14-4-5-15(7-11(14)16)21(19,20)8-2-3-10(13)9(6-8)12(17)18/h2-3,6H,4-5,7H2,1H3,(H,17,18).